The molecule has 0 aliphatic carbocycles. The molecule has 130 valence electrons. The Labute approximate surface area is 151 Å². The molecule has 0 unspecified atom stereocenters. The third-order valence-electron chi connectivity index (χ3n) is 4.96. The fraction of sp³-hybridized carbons (Fsp3) is 0.348. The summed E-state index contributed by atoms with van der Waals surface area (Å²) in [5.41, 5.74) is 4.86. The van der Waals surface area contributed by atoms with Crippen molar-refractivity contribution in [3.05, 3.63) is 72.1 Å². The molecule has 0 fully saturated rings. The second-order valence-corrected chi connectivity index (χ2v) is 7.46. The summed E-state index contributed by atoms with van der Waals surface area (Å²) in [5, 5.41) is 0. The topological polar surface area (TPSA) is 17.8 Å². The lowest BCUT2D eigenvalue weighted by Crippen LogP contribution is -2.17. The molecule has 0 spiro atoms. The van der Waals surface area contributed by atoms with E-state index in [1.165, 1.54) is 29.8 Å². The summed E-state index contributed by atoms with van der Waals surface area (Å²) in [6, 6.07) is 19.0. The quantitative estimate of drug-likeness (QED) is 0.517. The van der Waals surface area contributed by atoms with E-state index in [0.717, 1.165) is 17.8 Å². The van der Waals surface area contributed by atoms with Crippen molar-refractivity contribution in [2.24, 2.45) is 0 Å². The van der Waals surface area contributed by atoms with Crippen LogP contribution in [0.25, 0.3) is 17.1 Å². The van der Waals surface area contributed by atoms with E-state index in [2.05, 4.69) is 93.1 Å². The molecule has 1 aromatic heterocycles. The lowest BCUT2D eigenvalue weighted by molar-refractivity contribution is 0.447. The fourth-order valence-electron chi connectivity index (χ4n) is 3.26. The SMILES string of the molecule is CCCCC(C)(C)c1cn(-c2ccccc2C)c(-c2ccccc2)n1. The van der Waals surface area contributed by atoms with Crippen molar-refractivity contribution >= 4 is 0 Å². The van der Waals surface area contributed by atoms with Crippen LogP contribution in [-0.2, 0) is 5.41 Å². The molecule has 0 saturated heterocycles. The van der Waals surface area contributed by atoms with E-state index in [9.17, 15) is 0 Å². The van der Waals surface area contributed by atoms with Crippen LogP contribution in [-0.4, -0.2) is 9.55 Å². The van der Waals surface area contributed by atoms with E-state index in [4.69, 9.17) is 4.98 Å². The second-order valence-electron chi connectivity index (χ2n) is 7.46. The van der Waals surface area contributed by atoms with Crippen LogP contribution >= 0.6 is 0 Å². The van der Waals surface area contributed by atoms with Gasteiger partial charge in [0.15, 0.2) is 0 Å². The molecule has 25 heavy (non-hydrogen) atoms. The van der Waals surface area contributed by atoms with Crippen LogP contribution in [0, 0.1) is 6.92 Å². The molecule has 0 aliphatic heterocycles. The molecule has 1 heterocycles. The number of hydrogen-bond donors (Lipinski definition) is 0. The Balaban J connectivity index is 2.14. The van der Waals surface area contributed by atoms with E-state index in [1.807, 2.05) is 0 Å². The highest BCUT2D eigenvalue weighted by atomic mass is 15.1. The summed E-state index contributed by atoms with van der Waals surface area (Å²) in [6.45, 7) is 9.02. The molecule has 0 aliphatic rings. The normalized spacial score (nSPS) is 11.7. The molecular formula is C23H28N2. The van der Waals surface area contributed by atoms with E-state index in [-0.39, 0.29) is 5.41 Å². The van der Waals surface area contributed by atoms with Gasteiger partial charge in [0.2, 0.25) is 0 Å². The van der Waals surface area contributed by atoms with Crippen LogP contribution < -0.4 is 0 Å². The van der Waals surface area contributed by atoms with Gasteiger partial charge < -0.3 is 0 Å². The van der Waals surface area contributed by atoms with Gasteiger partial charge >= 0.3 is 0 Å². The van der Waals surface area contributed by atoms with Gasteiger partial charge in [-0.3, -0.25) is 4.57 Å². The van der Waals surface area contributed by atoms with Gasteiger partial charge in [-0.05, 0) is 25.0 Å². The summed E-state index contributed by atoms with van der Waals surface area (Å²) in [6.07, 6.45) is 5.83. The summed E-state index contributed by atoms with van der Waals surface area (Å²) >= 11 is 0. The molecule has 0 radical (unpaired) electrons. The van der Waals surface area contributed by atoms with Gasteiger partial charge in [0.05, 0.1) is 5.69 Å². The van der Waals surface area contributed by atoms with Gasteiger partial charge in [-0.15, -0.1) is 0 Å². The van der Waals surface area contributed by atoms with Crippen LogP contribution in [0.2, 0.25) is 0 Å². The lowest BCUT2D eigenvalue weighted by atomic mass is 9.84. The molecule has 0 saturated carbocycles. The summed E-state index contributed by atoms with van der Waals surface area (Å²) < 4.78 is 2.26. The molecule has 2 aromatic carbocycles. The first-order valence-corrected chi connectivity index (χ1v) is 9.24. The lowest BCUT2D eigenvalue weighted by Gasteiger charge is -2.21. The van der Waals surface area contributed by atoms with Crippen molar-refractivity contribution in [1.82, 2.24) is 9.55 Å². The Morgan fingerprint density at radius 3 is 2.32 bits per heavy atom. The summed E-state index contributed by atoms with van der Waals surface area (Å²) in [4.78, 5) is 5.09. The molecule has 2 nitrogen and oxygen atoms in total. The molecule has 2 heteroatoms. The number of nitrogens with zero attached hydrogens (tertiary/aromatic N) is 2. The predicted octanol–water partition coefficient (Wildman–Crippen LogP) is 6.32. The zero-order valence-electron chi connectivity index (χ0n) is 15.8. The van der Waals surface area contributed by atoms with Gasteiger partial charge in [0.25, 0.3) is 0 Å². The van der Waals surface area contributed by atoms with E-state index >= 15 is 0 Å². The summed E-state index contributed by atoms with van der Waals surface area (Å²) in [7, 11) is 0. The van der Waals surface area contributed by atoms with E-state index in [0.29, 0.717) is 0 Å². The third kappa shape index (κ3) is 3.68. The number of rotatable bonds is 6. The first-order chi connectivity index (χ1) is 12.0. The van der Waals surface area contributed by atoms with Crippen molar-refractivity contribution in [2.75, 3.05) is 0 Å². The maximum Gasteiger partial charge on any atom is 0.144 e. The highest BCUT2D eigenvalue weighted by Gasteiger charge is 2.25. The van der Waals surface area contributed by atoms with Crippen LogP contribution in [0.4, 0.5) is 0 Å². The largest absolute Gasteiger partial charge is 0.299 e. The average molecular weight is 332 g/mol. The minimum atomic E-state index is 0.0769. The minimum Gasteiger partial charge on any atom is -0.299 e. The van der Waals surface area contributed by atoms with Gasteiger partial charge in [-0.1, -0.05) is 82.1 Å². The standard InChI is InChI=1S/C23H28N2/c1-5-6-16-23(3,4)21-17-25(20-15-11-10-12-18(20)2)22(24-21)19-13-8-7-9-14-19/h7-15,17H,5-6,16H2,1-4H3. The smallest absolute Gasteiger partial charge is 0.144 e. The van der Waals surface area contributed by atoms with E-state index in [1.54, 1.807) is 0 Å². The Kier molecular flexibility index (Phi) is 5.08. The van der Waals surface area contributed by atoms with Crippen molar-refractivity contribution in [3.63, 3.8) is 0 Å². The van der Waals surface area contributed by atoms with Gasteiger partial charge in [0, 0.05) is 22.9 Å². The predicted molar refractivity (Wildman–Crippen MR) is 106 cm³/mol. The molecule has 0 amide bonds. The second kappa shape index (κ2) is 7.26. The van der Waals surface area contributed by atoms with E-state index < -0.39 is 0 Å². The van der Waals surface area contributed by atoms with Gasteiger partial charge in [-0.25, -0.2) is 4.98 Å². The van der Waals surface area contributed by atoms with Crippen molar-refractivity contribution < 1.29 is 0 Å². The first-order valence-electron chi connectivity index (χ1n) is 9.24. The number of hydrogen-bond acceptors (Lipinski definition) is 1. The molecule has 0 bridgehead atoms. The Morgan fingerprint density at radius 1 is 0.960 bits per heavy atom. The van der Waals surface area contributed by atoms with Crippen LogP contribution in [0.1, 0.15) is 51.3 Å². The zero-order valence-corrected chi connectivity index (χ0v) is 15.8. The number of imidazole rings is 1. The first kappa shape index (κ1) is 17.5. The van der Waals surface area contributed by atoms with Crippen LogP contribution in [0.15, 0.2) is 60.8 Å². The molecular weight excluding hydrogens is 304 g/mol. The number of benzene rings is 2. The van der Waals surface area contributed by atoms with Gasteiger partial charge in [0.1, 0.15) is 5.82 Å². The highest BCUT2D eigenvalue weighted by Crippen LogP contribution is 2.33. The van der Waals surface area contributed by atoms with Crippen LogP contribution in [0.3, 0.4) is 0 Å². The Bertz CT molecular complexity index is 828. The molecule has 3 aromatic rings. The molecule has 3 rings (SSSR count). The summed E-state index contributed by atoms with van der Waals surface area (Å²) in [5.74, 6) is 1.02. The van der Waals surface area contributed by atoms with Crippen molar-refractivity contribution in [3.8, 4) is 17.1 Å². The number of aryl methyl sites for hydroxylation is 1. The zero-order chi connectivity index (χ0) is 17.9. The number of aromatic nitrogens is 2. The Morgan fingerprint density at radius 2 is 1.64 bits per heavy atom. The fourth-order valence-corrected chi connectivity index (χ4v) is 3.26. The average Bonchev–Trinajstić information content (AvgIpc) is 3.07. The Hall–Kier alpha value is -2.35. The highest BCUT2D eigenvalue weighted by molar-refractivity contribution is 5.60. The maximum atomic E-state index is 5.09. The molecule has 0 N–H and O–H groups in total. The maximum absolute atomic E-state index is 5.09. The minimum absolute atomic E-state index is 0.0769. The third-order valence-corrected chi connectivity index (χ3v) is 4.96. The number of unbranched alkanes of at least 4 members (excludes halogenated alkanes) is 1. The monoisotopic (exact) mass is 332 g/mol. The van der Waals surface area contributed by atoms with Crippen molar-refractivity contribution in [2.45, 2.75) is 52.4 Å². The van der Waals surface area contributed by atoms with Crippen molar-refractivity contribution in [1.29, 1.82) is 0 Å². The van der Waals surface area contributed by atoms with Crippen LogP contribution in [0.5, 0.6) is 0 Å². The number of para-hydroxylation sites is 1. The molecule has 0 atom stereocenters. The van der Waals surface area contributed by atoms with Gasteiger partial charge in [-0.2, -0.15) is 0 Å².